The van der Waals surface area contributed by atoms with Crippen molar-refractivity contribution >= 4 is 27.7 Å². The number of hydrogen-bond acceptors (Lipinski definition) is 3. The third kappa shape index (κ3) is 3.41. The van der Waals surface area contributed by atoms with Crippen molar-refractivity contribution in [3.8, 4) is 0 Å². The quantitative estimate of drug-likeness (QED) is 0.694. The van der Waals surface area contributed by atoms with Crippen LogP contribution in [0.5, 0.6) is 0 Å². The number of carbonyl (C=O) groups is 1. The highest BCUT2D eigenvalue weighted by atomic mass is 79.9. The van der Waals surface area contributed by atoms with Gasteiger partial charge in [0.2, 0.25) is 11.2 Å². The highest BCUT2D eigenvalue weighted by Crippen LogP contribution is 2.23. The van der Waals surface area contributed by atoms with Gasteiger partial charge in [0.25, 0.3) is 6.20 Å². The van der Waals surface area contributed by atoms with Crippen LogP contribution in [0.15, 0.2) is 41.1 Å². The molecule has 1 aromatic heterocycles. The van der Waals surface area contributed by atoms with Gasteiger partial charge in [-0.25, -0.2) is 0 Å². The molecule has 0 aliphatic rings. The van der Waals surface area contributed by atoms with Crippen LogP contribution < -0.4 is 10.00 Å². The lowest BCUT2D eigenvalue weighted by atomic mass is 10.1. The zero-order valence-electron chi connectivity index (χ0n) is 10.7. The van der Waals surface area contributed by atoms with E-state index in [0.717, 1.165) is 5.56 Å². The molecule has 0 radical (unpaired) electrons. The molecule has 1 heterocycles. The fourth-order valence-corrected chi connectivity index (χ4v) is 1.93. The van der Waals surface area contributed by atoms with Gasteiger partial charge in [-0.1, -0.05) is 46.3 Å². The van der Waals surface area contributed by atoms with Crippen LogP contribution in [0.3, 0.4) is 0 Å². The van der Waals surface area contributed by atoms with Gasteiger partial charge in [0, 0.05) is 0 Å². The molecule has 1 N–H and O–H groups in total. The number of carbonyl (C=O) groups excluding carboxylic acids is 1. The molecule has 0 saturated heterocycles. The number of rotatable bonds is 4. The molecule has 100 valence electrons. The molecule has 2 aromatic rings. The number of anilines is 1. The number of hydrogen-bond donors (Lipinski definition) is 1. The number of benzene rings is 1. The summed E-state index contributed by atoms with van der Waals surface area (Å²) < 4.78 is 6.68. The lowest BCUT2D eigenvalue weighted by Gasteiger charge is -2.07. The maximum Gasteiger partial charge on any atom is 0.302 e. The minimum Gasteiger partial charge on any atom is -0.288 e. The van der Waals surface area contributed by atoms with Crippen LogP contribution in [0.4, 0.5) is 5.88 Å². The topological polar surface area (TPSA) is 59.0 Å². The Morgan fingerprint density at radius 3 is 2.63 bits per heavy atom. The van der Waals surface area contributed by atoms with Crippen LogP contribution >= 0.6 is 15.9 Å². The van der Waals surface area contributed by atoms with E-state index in [4.69, 9.17) is 4.52 Å². The first kappa shape index (κ1) is 13.7. The van der Waals surface area contributed by atoms with Crippen molar-refractivity contribution in [2.75, 3.05) is 5.32 Å². The number of nitrogens with one attached hydrogen (secondary N) is 1. The predicted molar refractivity (Wildman–Crippen MR) is 73.8 cm³/mol. The van der Waals surface area contributed by atoms with Crippen molar-refractivity contribution < 1.29 is 14.0 Å². The molecule has 1 atom stereocenters. The van der Waals surface area contributed by atoms with E-state index in [1.807, 2.05) is 44.2 Å². The molecule has 0 aliphatic carbocycles. The maximum atomic E-state index is 12.0. The second-order valence-corrected chi connectivity index (χ2v) is 5.32. The van der Waals surface area contributed by atoms with Gasteiger partial charge in [0.1, 0.15) is 4.83 Å². The van der Waals surface area contributed by atoms with Crippen molar-refractivity contribution in [3.05, 3.63) is 42.1 Å². The molecule has 0 saturated carbocycles. The second kappa shape index (κ2) is 5.97. The minimum atomic E-state index is -0.425. The molecule has 0 fully saturated rings. The Morgan fingerprint density at radius 2 is 2.05 bits per heavy atom. The van der Waals surface area contributed by atoms with Crippen molar-refractivity contribution in [1.82, 2.24) is 5.27 Å². The molecular formula is C13H15BrN3O2+. The molecule has 0 aliphatic heterocycles. The van der Waals surface area contributed by atoms with Gasteiger partial charge in [-0.2, -0.15) is 0 Å². The van der Waals surface area contributed by atoms with Crippen LogP contribution in [-0.2, 0) is 4.79 Å². The van der Waals surface area contributed by atoms with E-state index in [0.29, 0.717) is 5.88 Å². The Morgan fingerprint density at radius 1 is 1.37 bits per heavy atom. The van der Waals surface area contributed by atoms with Crippen molar-refractivity contribution in [2.45, 2.75) is 24.7 Å². The molecule has 5 nitrogen and oxygen atoms in total. The van der Waals surface area contributed by atoms with Gasteiger partial charge >= 0.3 is 5.88 Å². The van der Waals surface area contributed by atoms with Crippen molar-refractivity contribution in [3.63, 3.8) is 0 Å². The average molecular weight is 325 g/mol. The van der Waals surface area contributed by atoms with Crippen LogP contribution in [0.1, 0.15) is 30.3 Å². The molecule has 1 aromatic carbocycles. The molecule has 1 amide bonds. The summed E-state index contributed by atoms with van der Waals surface area (Å²) >= 11 is 3.36. The molecule has 0 bridgehead atoms. The Labute approximate surface area is 119 Å². The molecule has 1 unspecified atom stereocenters. The van der Waals surface area contributed by atoms with Crippen molar-refractivity contribution in [1.29, 1.82) is 0 Å². The standard InChI is InChI=1S/C13H14BrN3O2/c1-9(2)17-8-11(19-16-17)15-13(18)12(14)10-6-4-3-5-7-10/h3-9,12H,1-2H3/p+1. The normalized spacial score (nSPS) is 12.4. The summed E-state index contributed by atoms with van der Waals surface area (Å²) in [7, 11) is 0. The summed E-state index contributed by atoms with van der Waals surface area (Å²) in [4.78, 5) is 11.6. The van der Waals surface area contributed by atoms with Crippen LogP contribution in [-0.4, -0.2) is 11.2 Å². The number of aromatic nitrogens is 2. The van der Waals surface area contributed by atoms with E-state index in [1.54, 1.807) is 10.9 Å². The van der Waals surface area contributed by atoms with E-state index >= 15 is 0 Å². The van der Waals surface area contributed by atoms with Gasteiger partial charge < -0.3 is 0 Å². The molecule has 0 spiro atoms. The van der Waals surface area contributed by atoms with E-state index in [1.165, 1.54) is 0 Å². The summed E-state index contributed by atoms with van der Waals surface area (Å²) in [5.74, 6) is 0.136. The van der Waals surface area contributed by atoms with Crippen LogP contribution in [0.2, 0.25) is 0 Å². The number of halogens is 1. The third-order valence-electron chi connectivity index (χ3n) is 2.58. The lowest BCUT2D eigenvalue weighted by Crippen LogP contribution is -2.37. The fourth-order valence-electron chi connectivity index (χ4n) is 1.52. The number of alkyl halides is 1. The first-order valence-electron chi connectivity index (χ1n) is 5.96. The molecule has 2 rings (SSSR count). The second-order valence-electron chi connectivity index (χ2n) is 4.40. The van der Waals surface area contributed by atoms with Crippen LogP contribution in [0, 0.1) is 0 Å². The van der Waals surface area contributed by atoms with E-state index < -0.39 is 4.83 Å². The molecule has 6 heteroatoms. The monoisotopic (exact) mass is 324 g/mol. The van der Waals surface area contributed by atoms with E-state index in [-0.39, 0.29) is 11.9 Å². The van der Waals surface area contributed by atoms with Gasteiger partial charge in [0.15, 0.2) is 6.04 Å². The largest absolute Gasteiger partial charge is 0.302 e. The number of nitrogens with zero attached hydrogens (tertiary/aromatic N) is 2. The lowest BCUT2D eigenvalue weighted by molar-refractivity contribution is -0.779. The van der Waals surface area contributed by atoms with Crippen LogP contribution in [0.25, 0.3) is 0 Å². The Hall–Kier alpha value is -1.69. The number of amides is 1. The molecular weight excluding hydrogens is 310 g/mol. The van der Waals surface area contributed by atoms with Gasteiger partial charge in [-0.15, -0.1) is 0 Å². The van der Waals surface area contributed by atoms with Gasteiger partial charge in [-0.05, 0) is 24.1 Å². The predicted octanol–water partition coefficient (Wildman–Crippen LogP) is 2.62. The summed E-state index contributed by atoms with van der Waals surface area (Å²) in [5.41, 5.74) is 0.885. The SMILES string of the molecule is CC(C)[n+]1cc(NC(=O)C(Br)c2ccccc2)on1. The maximum absolute atomic E-state index is 12.0. The Balaban J connectivity index is 2.04. The first-order chi connectivity index (χ1) is 9.08. The van der Waals surface area contributed by atoms with E-state index in [9.17, 15) is 4.79 Å². The zero-order valence-corrected chi connectivity index (χ0v) is 12.3. The average Bonchev–Trinajstić information content (AvgIpc) is 2.87. The van der Waals surface area contributed by atoms with Gasteiger partial charge in [-0.3, -0.25) is 14.6 Å². The first-order valence-corrected chi connectivity index (χ1v) is 6.87. The molecule has 19 heavy (non-hydrogen) atoms. The highest BCUT2D eigenvalue weighted by Gasteiger charge is 2.21. The van der Waals surface area contributed by atoms with E-state index in [2.05, 4.69) is 26.5 Å². The summed E-state index contributed by atoms with van der Waals surface area (Å²) in [6.45, 7) is 3.96. The minimum absolute atomic E-state index is 0.184. The Bertz CT molecular complexity index is 554. The summed E-state index contributed by atoms with van der Waals surface area (Å²) in [6, 6.07) is 9.63. The van der Waals surface area contributed by atoms with Crippen molar-refractivity contribution in [2.24, 2.45) is 0 Å². The van der Waals surface area contributed by atoms with Gasteiger partial charge in [0.05, 0.1) is 0 Å². The third-order valence-corrected chi connectivity index (χ3v) is 3.53. The summed E-state index contributed by atoms with van der Waals surface area (Å²) in [6.07, 6.45) is 1.66. The smallest absolute Gasteiger partial charge is 0.288 e. The zero-order chi connectivity index (χ0) is 13.8. The highest BCUT2D eigenvalue weighted by molar-refractivity contribution is 9.09. The Kier molecular flexibility index (Phi) is 4.31. The summed E-state index contributed by atoms with van der Waals surface area (Å²) in [5, 5.41) is 6.49. The fraction of sp³-hybridized carbons (Fsp3) is 0.308.